The first-order chi connectivity index (χ1) is 9.92. The second-order valence-corrected chi connectivity index (χ2v) is 5.62. The molecule has 2 aromatic rings. The Morgan fingerprint density at radius 1 is 0.800 bits per heavy atom. The predicted molar refractivity (Wildman–Crippen MR) is 85.2 cm³/mol. The summed E-state index contributed by atoms with van der Waals surface area (Å²) in [6.07, 6.45) is 7.83. The zero-order chi connectivity index (χ0) is 13.6. The molecule has 0 N–H and O–H groups in total. The van der Waals surface area contributed by atoms with Crippen LogP contribution in [0, 0.1) is 0 Å². The number of fused-ring (bicyclic) bond motifs is 1. The molecule has 0 fully saturated rings. The van der Waals surface area contributed by atoms with Crippen LogP contribution in [0.3, 0.4) is 0 Å². The third kappa shape index (κ3) is 3.41. The van der Waals surface area contributed by atoms with E-state index in [9.17, 15) is 0 Å². The third-order valence-corrected chi connectivity index (χ3v) is 4.07. The van der Waals surface area contributed by atoms with E-state index in [4.69, 9.17) is 4.74 Å². The molecule has 0 amide bonds. The molecular formula is C19H24O. The van der Waals surface area contributed by atoms with E-state index in [0.29, 0.717) is 6.61 Å². The molecule has 2 aromatic carbocycles. The minimum absolute atomic E-state index is 0. The maximum absolute atomic E-state index is 5.93. The van der Waals surface area contributed by atoms with Gasteiger partial charge in [-0.25, -0.2) is 0 Å². The average molecular weight is 268 g/mol. The fourth-order valence-electron chi connectivity index (χ4n) is 2.89. The van der Waals surface area contributed by atoms with Gasteiger partial charge in [0.2, 0.25) is 0 Å². The number of hydrogen-bond acceptors (Lipinski definition) is 1. The van der Waals surface area contributed by atoms with Crippen molar-refractivity contribution in [3.63, 3.8) is 0 Å². The van der Waals surface area contributed by atoms with Gasteiger partial charge in [0, 0.05) is 1.43 Å². The number of benzene rings is 2. The molecule has 1 aliphatic carbocycles. The van der Waals surface area contributed by atoms with Crippen LogP contribution in [0.5, 0.6) is 5.75 Å². The molecule has 1 aliphatic rings. The zero-order valence-corrected chi connectivity index (χ0v) is 12.0. The Balaban J connectivity index is 0.00000161. The maximum Gasteiger partial charge on any atom is 0.120 e. The molecule has 0 saturated heterocycles. The molecule has 0 heterocycles. The summed E-state index contributed by atoms with van der Waals surface area (Å²) >= 11 is 0. The van der Waals surface area contributed by atoms with Crippen LogP contribution in [-0.2, 0) is 19.4 Å². The third-order valence-electron chi connectivity index (χ3n) is 4.07. The monoisotopic (exact) mass is 268 g/mol. The highest BCUT2D eigenvalue weighted by Crippen LogP contribution is 2.24. The lowest BCUT2D eigenvalue weighted by molar-refractivity contribution is 0.305. The molecule has 20 heavy (non-hydrogen) atoms. The predicted octanol–water partition coefficient (Wildman–Crippen LogP) is 5.17. The van der Waals surface area contributed by atoms with Gasteiger partial charge >= 0.3 is 0 Å². The van der Waals surface area contributed by atoms with Crippen molar-refractivity contribution in [1.29, 1.82) is 0 Å². The van der Waals surface area contributed by atoms with Crippen LogP contribution in [0.15, 0.2) is 48.5 Å². The summed E-state index contributed by atoms with van der Waals surface area (Å²) in [5, 5.41) is 0. The minimum atomic E-state index is 0. The fourth-order valence-corrected chi connectivity index (χ4v) is 2.89. The van der Waals surface area contributed by atoms with E-state index in [-0.39, 0.29) is 1.43 Å². The Labute approximate surface area is 123 Å². The molecule has 3 rings (SSSR count). The summed E-state index contributed by atoms with van der Waals surface area (Å²) in [5.41, 5.74) is 4.24. The summed E-state index contributed by atoms with van der Waals surface area (Å²) < 4.78 is 5.93. The topological polar surface area (TPSA) is 9.23 Å². The number of ether oxygens (including phenoxy) is 1. The normalized spacial score (nSPS) is 15.0. The second-order valence-electron chi connectivity index (χ2n) is 5.62. The molecule has 0 aliphatic heterocycles. The fraction of sp³-hybridized carbons (Fsp3) is 0.368. The number of rotatable bonds is 3. The van der Waals surface area contributed by atoms with Crippen molar-refractivity contribution in [3.05, 3.63) is 65.2 Å². The summed E-state index contributed by atoms with van der Waals surface area (Å²) in [6, 6.07) is 17.0. The summed E-state index contributed by atoms with van der Waals surface area (Å²) in [5.74, 6) is 1.01. The SMILES string of the molecule is [HH].c1ccc(COc2ccc3c(c2)CCCCCC3)cc1. The van der Waals surface area contributed by atoms with Gasteiger partial charge in [-0.2, -0.15) is 0 Å². The summed E-state index contributed by atoms with van der Waals surface area (Å²) in [6.45, 7) is 0.652. The van der Waals surface area contributed by atoms with E-state index in [2.05, 4.69) is 42.5 Å². The minimum Gasteiger partial charge on any atom is -0.489 e. The van der Waals surface area contributed by atoms with Crippen LogP contribution in [0.1, 0.15) is 43.8 Å². The van der Waals surface area contributed by atoms with Gasteiger partial charge in [-0.15, -0.1) is 0 Å². The van der Waals surface area contributed by atoms with E-state index in [1.54, 1.807) is 0 Å². The van der Waals surface area contributed by atoms with E-state index < -0.39 is 0 Å². The van der Waals surface area contributed by atoms with Gasteiger partial charge < -0.3 is 4.74 Å². The van der Waals surface area contributed by atoms with Gasteiger partial charge in [0.1, 0.15) is 12.4 Å². The Hall–Kier alpha value is -1.76. The van der Waals surface area contributed by atoms with Crippen LogP contribution in [0.4, 0.5) is 0 Å². The molecule has 0 radical (unpaired) electrons. The van der Waals surface area contributed by atoms with Crippen LogP contribution >= 0.6 is 0 Å². The Bertz CT molecular complexity index is 551. The molecule has 0 saturated carbocycles. The molecule has 1 nitrogen and oxygen atoms in total. The molecule has 0 aromatic heterocycles. The van der Waals surface area contributed by atoms with Crippen molar-refractivity contribution in [1.82, 2.24) is 0 Å². The molecule has 0 bridgehead atoms. The Morgan fingerprint density at radius 3 is 2.35 bits per heavy atom. The second kappa shape index (κ2) is 6.60. The Kier molecular flexibility index (Phi) is 4.37. The number of aryl methyl sites for hydroxylation is 2. The quantitative estimate of drug-likeness (QED) is 0.746. The zero-order valence-electron chi connectivity index (χ0n) is 12.0. The van der Waals surface area contributed by atoms with Gasteiger partial charge in [0.05, 0.1) is 0 Å². The largest absolute Gasteiger partial charge is 0.489 e. The van der Waals surface area contributed by atoms with E-state index in [0.717, 1.165) is 5.75 Å². The highest BCUT2D eigenvalue weighted by atomic mass is 16.5. The first kappa shape index (κ1) is 13.2. The molecule has 0 unspecified atom stereocenters. The van der Waals surface area contributed by atoms with Crippen LogP contribution < -0.4 is 4.74 Å². The van der Waals surface area contributed by atoms with Crippen LogP contribution in [-0.4, -0.2) is 0 Å². The van der Waals surface area contributed by atoms with Crippen LogP contribution in [0.25, 0.3) is 0 Å². The standard InChI is InChI=1S/C19H22O.H2/c1-2-7-11-18-14-19(13-12-17(18)10-6-1)20-15-16-8-4-3-5-9-16;/h3-5,8-9,12-14H,1-2,6-7,10-11,15H2;1H. The lowest BCUT2D eigenvalue weighted by atomic mass is 9.93. The molecular weight excluding hydrogens is 244 g/mol. The lowest BCUT2D eigenvalue weighted by Gasteiger charge is -2.15. The highest BCUT2D eigenvalue weighted by molar-refractivity contribution is 5.36. The first-order valence-electron chi connectivity index (χ1n) is 7.70. The van der Waals surface area contributed by atoms with Gasteiger partial charge in [-0.05, 0) is 54.5 Å². The maximum atomic E-state index is 5.93. The van der Waals surface area contributed by atoms with E-state index in [1.807, 2.05) is 6.07 Å². The molecule has 106 valence electrons. The molecule has 1 heteroatoms. The van der Waals surface area contributed by atoms with Crippen molar-refractivity contribution < 1.29 is 6.16 Å². The highest BCUT2D eigenvalue weighted by Gasteiger charge is 2.08. The lowest BCUT2D eigenvalue weighted by Crippen LogP contribution is -2.01. The van der Waals surface area contributed by atoms with Gasteiger partial charge in [0.25, 0.3) is 0 Å². The van der Waals surface area contributed by atoms with Crippen molar-refractivity contribution in [2.24, 2.45) is 0 Å². The van der Waals surface area contributed by atoms with Crippen molar-refractivity contribution in [2.45, 2.75) is 45.1 Å². The smallest absolute Gasteiger partial charge is 0.120 e. The van der Waals surface area contributed by atoms with Gasteiger partial charge in [0.15, 0.2) is 0 Å². The first-order valence-corrected chi connectivity index (χ1v) is 7.70. The van der Waals surface area contributed by atoms with Crippen LogP contribution in [0.2, 0.25) is 0 Å². The molecule has 0 atom stereocenters. The van der Waals surface area contributed by atoms with Crippen molar-refractivity contribution >= 4 is 0 Å². The van der Waals surface area contributed by atoms with Crippen molar-refractivity contribution in [2.75, 3.05) is 0 Å². The number of hydrogen-bond donors (Lipinski definition) is 0. The van der Waals surface area contributed by atoms with Crippen molar-refractivity contribution in [3.8, 4) is 5.75 Å². The summed E-state index contributed by atoms with van der Waals surface area (Å²) in [4.78, 5) is 0. The van der Waals surface area contributed by atoms with E-state index in [1.165, 1.54) is 55.2 Å². The van der Waals surface area contributed by atoms with Gasteiger partial charge in [-0.1, -0.05) is 49.2 Å². The summed E-state index contributed by atoms with van der Waals surface area (Å²) in [7, 11) is 0. The van der Waals surface area contributed by atoms with E-state index >= 15 is 0 Å². The molecule has 0 spiro atoms. The average Bonchev–Trinajstić information content (AvgIpc) is 2.47. The van der Waals surface area contributed by atoms with Gasteiger partial charge in [-0.3, -0.25) is 0 Å². The Morgan fingerprint density at radius 2 is 1.55 bits per heavy atom.